The van der Waals surface area contributed by atoms with Crippen molar-refractivity contribution in [2.45, 2.75) is 26.9 Å². The van der Waals surface area contributed by atoms with Gasteiger partial charge in [-0.25, -0.2) is 0 Å². The molecular weight excluding hydrogens is 198 g/mol. The van der Waals surface area contributed by atoms with Crippen molar-refractivity contribution in [3.8, 4) is 0 Å². The van der Waals surface area contributed by atoms with Gasteiger partial charge in [0.1, 0.15) is 0 Å². The van der Waals surface area contributed by atoms with Crippen LogP contribution in [0.1, 0.15) is 20.8 Å². The Hall–Kier alpha value is -0.860. The van der Waals surface area contributed by atoms with E-state index < -0.39 is 6.10 Å². The lowest BCUT2D eigenvalue weighted by molar-refractivity contribution is 0.105. The maximum absolute atomic E-state index is 9.81. The van der Waals surface area contributed by atoms with Gasteiger partial charge in [0.15, 0.2) is 0 Å². The van der Waals surface area contributed by atoms with Crippen molar-refractivity contribution in [2.24, 2.45) is 5.41 Å². The molecule has 0 bridgehead atoms. The fourth-order valence-corrected chi connectivity index (χ4v) is 1.22. The molecule has 2 nitrogen and oxygen atoms in total. The Balaban J connectivity index is 4.13. The Kier molecular flexibility index (Phi) is 7.02. The second kappa shape index (κ2) is 7.42. The number of aliphatic hydroxyl groups excluding tert-OH is 1. The molecule has 0 radical (unpaired) electrons. The smallest absolute Gasteiger partial charge is 0.0769 e. The molecule has 1 N–H and O–H groups in total. The number of hydrogen-bond donors (Lipinski definition) is 1. The fraction of sp³-hybridized carbons (Fsp3) is 0.571. The van der Waals surface area contributed by atoms with Crippen molar-refractivity contribution in [1.29, 1.82) is 0 Å². The van der Waals surface area contributed by atoms with Crippen LogP contribution in [0.2, 0.25) is 0 Å². The zero-order valence-electron chi connectivity index (χ0n) is 10.8. The van der Waals surface area contributed by atoms with Crippen molar-refractivity contribution < 1.29 is 5.11 Å². The monoisotopic (exact) mass is 223 g/mol. The average molecular weight is 223 g/mol. The molecular formula is C14H25NO. The number of hydrogen-bond acceptors (Lipinski definition) is 2. The van der Waals surface area contributed by atoms with E-state index in [0.29, 0.717) is 0 Å². The predicted octanol–water partition coefficient (Wildman–Crippen LogP) is 2.62. The normalized spacial score (nSPS) is 14.3. The van der Waals surface area contributed by atoms with Crippen LogP contribution in [0.3, 0.4) is 0 Å². The topological polar surface area (TPSA) is 23.5 Å². The molecule has 0 aliphatic rings. The second-order valence-electron chi connectivity index (χ2n) is 5.03. The Morgan fingerprint density at radius 2 is 1.62 bits per heavy atom. The molecule has 0 spiro atoms. The first-order chi connectivity index (χ1) is 7.41. The zero-order valence-corrected chi connectivity index (χ0v) is 10.8. The molecule has 0 aliphatic carbocycles. The van der Waals surface area contributed by atoms with E-state index in [1.807, 2.05) is 45.1 Å². The molecule has 0 fully saturated rings. The minimum Gasteiger partial charge on any atom is -0.388 e. The molecule has 0 aromatic carbocycles. The highest BCUT2D eigenvalue weighted by Crippen LogP contribution is 2.19. The lowest BCUT2D eigenvalue weighted by atomic mass is 9.89. The Morgan fingerprint density at radius 3 is 2.00 bits per heavy atom. The Labute approximate surface area is 100.0 Å². The van der Waals surface area contributed by atoms with Crippen LogP contribution in [-0.4, -0.2) is 35.7 Å². The van der Waals surface area contributed by atoms with Gasteiger partial charge in [0.05, 0.1) is 6.10 Å². The van der Waals surface area contributed by atoms with Crippen molar-refractivity contribution in [1.82, 2.24) is 4.90 Å². The summed E-state index contributed by atoms with van der Waals surface area (Å²) in [6, 6.07) is 0. The van der Waals surface area contributed by atoms with Gasteiger partial charge in [-0.3, -0.25) is 4.90 Å². The molecule has 16 heavy (non-hydrogen) atoms. The van der Waals surface area contributed by atoms with E-state index in [9.17, 15) is 5.11 Å². The van der Waals surface area contributed by atoms with Crippen LogP contribution < -0.4 is 0 Å². The molecule has 0 rings (SSSR count). The van der Waals surface area contributed by atoms with E-state index in [4.69, 9.17) is 0 Å². The van der Waals surface area contributed by atoms with Gasteiger partial charge in [0, 0.05) is 19.6 Å². The summed E-state index contributed by atoms with van der Waals surface area (Å²) < 4.78 is 0. The van der Waals surface area contributed by atoms with Crippen molar-refractivity contribution in [2.75, 3.05) is 19.6 Å². The molecule has 1 atom stereocenters. The molecule has 0 aliphatic heterocycles. The Morgan fingerprint density at radius 1 is 1.12 bits per heavy atom. The van der Waals surface area contributed by atoms with Gasteiger partial charge in [-0.2, -0.15) is 0 Å². The summed E-state index contributed by atoms with van der Waals surface area (Å²) in [5.41, 5.74) is -0.0990. The summed E-state index contributed by atoms with van der Waals surface area (Å²) in [4.78, 5) is 2.19. The average Bonchev–Trinajstić information content (AvgIpc) is 2.16. The van der Waals surface area contributed by atoms with E-state index in [1.165, 1.54) is 0 Å². The van der Waals surface area contributed by atoms with Crippen molar-refractivity contribution >= 4 is 0 Å². The largest absolute Gasteiger partial charge is 0.388 e. The van der Waals surface area contributed by atoms with Gasteiger partial charge in [-0.1, -0.05) is 45.1 Å². The number of rotatable bonds is 7. The van der Waals surface area contributed by atoms with E-state index >= 15 is 0 Å². The van der Waals surface area contributed by atoms with Crippen LogP contribution in [0.15, 0.2) is 37.5 Å². The second-order valence-corrected chi connectivity index (χ2v) is 5.03. The maximum atomic E-state index is 9.81. The lowest BCUT2D eigenvalue weighted by Gasteiger charge is -2.23. The van der Waals surface area contributed by atoms with Gasteiger partial charge < -0.3 is 5.11 Å². The molecule has 1 unspecified atom stereocenters. The third-order valence-electron chi connectivity index (χ3n) is 2.34. The summed E-state index contributed by atoms with van der Waals surface area (Å²) in [6.45, 7) is 16.0. The molecule has 0 saturated carbocycles. The van der Waals surface area contributed by atoms with E-state index in [0.717, 1.165) is 19.6 Å². The van der Waals surface area contributed by atoms with Gasteiger partial charge in [0.25, 0.3) is 0 Å². The van der Waals surface area contributed by atoms with Crippen LogP contribution in [0.4, 0.5) is 0 Å². The molecule has 0 aromatic rings. The molecule has 0 amide bonds. The first-order valence-electron chi connectivity index (χ1n) is 5.70. The van der Waals surface area contributed by atoms with Gasteiger partial charge in [-0.15, -0.1) is 13.2 Å². The first kappa shape index (κ1) is 15.1. The summed E-state index contributed by atoms with van der Waals surface area (Å²) >= 11 is 0. The van der Waals surface area contributed by atoms with Crippen molar-refractivity contribution in [3.05, 3.63) is 37.5 Å². The Bertz CT molecular complexity index is 228. The van der Waals surface area contributed by atoms with Gasteiger partial charge >= 0.3 is 0 Å². The van der Waals surface area contributed by atoms with Crippen LogP contribution in [0.25, 0.3) is 0 Å². The lowest BCUT2D eigenvalue weighted by Crippen LogP contribution is -2.26. The molecule has 0 saturated heterocycles. The quantitative estimate of drug-likeness (QED) is 0.671. The summed E-state index contributed by atoms with van der Waals surface area (Å²) in [7, 11) is 0. The van der Waals surface area contributed by atoms with Crippen LogP contribution in [-0.2, 0) is 0 Å². The summed E-state index contributed by atoms with van der Waals surface area (Å²) in [6.07, 6.45) is 7.21. The number of nitrogens with zero attached hydrogens (tertiary/aromatic N) is 1. The van der Waals surface area contributed by atoms with Gasteiger partial charge in [-0.05, 0) is 5.41 Å². The third-order valence-corrected chi connectivity index (χ3v) is 2.34. The van der Waals surface area contributed by atoms with Crippen LogP contribution in [0.5, 0.6) is 0 Å². The summed E-state index contributed by atoms with van der Waals surface area (Å²) in [5.74, 6) is 0. The van der Waals surface area contributed by atoms with Crippen LogP contribution >= 0.6 is 0 Å². The van der Waals surface area contributed by atoms with E-state index in [2.05, 4.69) is 18.1 Å². The predicted molar refractivity (Wildman–Crippen MR) is 71.4 cm³/mol. The van der Waals surface area contributed by atoms with Crippen LogP contribution in [0, 0.1) is 5.41 Å². The molecule has 0 heterocycles. The van der Waals surface area contributed by atoms with Gasteiger partial charge in [0.2, 0.25) is 0 Å². The molecule has 0 aromatic heterocycles. The summed E-state index contributed by atoms with van der Waals surface area (Å²) in [5, 5.41) is 9.81. The maximum Gasteiger partial charge on any atom is 0.0769 e. The standard InChI is InChI=1S/C14H25NO/c1-6-10-15(11-7-2)12-8-9-13(16)14(3,4)5/h6-9,13,16H,1-2,10-12H2,3-5H3/b9-8+. The van der Waals surface area contributed by atoms with E-state index in [-0.39, 0.29) is 5.41 Å². The highest BCUT2D eigenvalue weighted by molar-refractivity contribution is 4.96. The fourth-order valence-electron chi connectivity index (χ4n) is 1.22. The third kappa shape index (κ3) is 6.59. The molecule has 92 valence electrons. The minimum absolute atomic E-state index is 0.0990. The van der Waals surface area contributed by atoms with Crippen molar-refractivity contribution in [3.63, 3.8) is 0 Å². The molecule has 2 heteroatoms. The zero-order chi connectivity index (χ0) is 12.6. The highest BCUT2D eigenvalue weighted by atomic mass is 16.3. The first-order valence-corrected chi connectivity index (χ1v) is 5.70. The SMILES string of the molecule is C=CCN(CC=C)C/C=C/C(O)C(C)(C)C. The minimum atomic E-state index is -0.401. The van der Waals surface area contributed by atoms with E-state index in [1.54, 1.807) is 0 Å². The highest BCUT2D eigenvalue weighted by Gasteiger charge is 2.18. The number of aliphatic hydroxyl groups is 1.